The summed E-state index contributed by atoms with van der Waals surface area (Å²) in [6, 6.07) is 7.93. The molecule has 3 rings (SSSR count). The SMILES string of the molecule is CC(C)(C)OC(=O)N1CCC(n2cccc2C(=O)NCc2ccc(Br)s2)CC1. The van der Waals surface area contributed by atoms with E-state index in [9.17, 15) is 9.59 Å². The molecule has 0 bridgehead atoms. The van der Waals surface area contributed by atoms with Crippen molar-refractivity contribution in [1.29, 1.82) is 0 Å². The van der Waals surface area contributed by atoms with E-state index in [0.717, 1.165) is 21.5 Å². The lowest BCUT2D eigenvalue weighted by atomic mass is 10.0. The highest BCUT2D eigenvalue weighted by Crippen LogP contribution is 2.26. The van der Waals surface area contributed by atoms with Crippen LogP contribution in [0.25, 0.3) is 0 Å². The van der Waals surface area contributed by atoms with Crippen LogP contribution in [-0.4, -0.2) is 40.2 Å². The molecule has 0 atom stereocenters. The van der Waals surface area contributed by atoms with Gasteiger partial charge in [0, 0.05) is 30.2 Å². The van der Waals surface area contributed by atoms with E-state index in [1.807, 2.05) is 55.8 Å². The Labute approximate surface area is 178 Å². The maximum Gasteiger partial charge on any atom is 0.410 e. The van der Waals surface area contributed by atoms with Crippen molar-refractivity contribution in [2.75, 3.05) is 13.1 Å². The second-order valence-corrected chi connectivity index (χ2v) is 10.4. The molecule has 0 spiro atoms. The molecule has 8 heteroatoms. The van der Waals surface area contributed by atoms with Crippen molar-refractivity contribution >= 4 is 39.3 Å². The number of likely N-dealkylation sites (tertiary alicyclic amines) is 1. The van der Waals surface area contributed by atoms with E-state index < -0.39 is 5.60 Å². The minimum absolute atomic E-state index is 0.0795. The summed E-state index contributed by atoms with van der Waals surface area (Å²) in [5.41, 5.74) is 0.170. The summed E-state index contributed by atoms with van der Waals surface area (Å²) in [6.45, 7) is 7.38. The van der Waals surface area contributed by atoms with E-state index >= 15 is 0 Å². The maximum atomic E-state index is 12.7. The zero-order chi connectivity index (χ0) is 20.3. The molecule has 1 saturated heterocycles. The molecule has 0 unspecified atom stereocenters. The zero-order valence-corrected chi connectivity index (χ0v) is 18.8. The van der Waals surface area contributed by atoms with Crippen LogP contribution in [0.2, 0.25) is 0 Å². The van der Waals surface area contributed by atoms with Gasteiger partial charge in [-0.15, -0.1) is 11.3 Å². The molecule has 6 nitrogen and oxygen atoms in total. The van der Waals surface area contributed by atoms with Crippen molar-refractivity contribution < 1.29 is 14.3 Å². The summed E-state index contributed by atoms with van der Waals surface area (Å²) in [6.07, 6.45) is 3.28. The van der Waals surface area contributed by atoms with Crippen molar-refractivity contribution in [2.45, 2.75) is 51.8 Å². The number of hydrogen-bond acceptors (Lipinski definition) is 4. The first-order chi connectivity index (χ1) is 13.2. The van der Waals surface area contributed by atoms with Gasteiger partial charge >= 0.3 is 6.09 Å². The Bertz CT molecular complexity index is 832. The molecule has 2 aromatic heterocycles. The number of carbonyl (C=O) groups is 2. The van der Waals surface area contributed by atoms with E-state index in [1.165, 1.54) is 0 Å². The number of hydrogen-bond donors (Lipinski definition) is 1. The van der Waals surface area contributed by atoms with E-state index in [0.29, 0.717) is 25.3 Å². The van der Waals surface area contributed by atoms with Gasteiger partial charge in [-0.25, -0.2) is 4.79 Å². The van der Waals surface area contributed by atoms with Gasteiger partial charge in [0.15, 0.2) is 0 Å². The third kappa shape index (κ3) is 5.38. The van der Waals surface area contributed by atoms with Crippen molar-refractivity contribution in [3.63, 3.8) is 0 Å². The van der Waals surface area contributed by atoms with Crippen molar-refractivity contribution in [3.8, 4) is 0 Å². The summed E-state index contributed by atoms with van der Waals surface area (Å²) in [7, 11) is 0. The number of halogens is 1. The smallest absolute Gasteiger partial charge is 0.410 e. The fourth-order valence-electron chi connectivity index (χ4n) is 3.26. The van der Waals surface area contributed by atoms with Crippen LogP contribution in [0.1, 0.15) is 55.0 Å². The molecule has 0 aromatic carbocycles. The molecule has 1 aliphatic rings. The predicted octanol–water partition coefficient (Wildman–Crippen LogP) is 4.81. The van der Waals surface area contributed by atoms with Crippen LogP contribution in [0.15, 0.2) is 34.2 Å². The first kappa shape index (κ1) is 20.9. The summed E-state index contributed by atoms with van der Waals surface area (Å²) in [5.74, 6) is -0.0795. The van der Waals surface area contributed by atoms with Gasteiger partial charge in [0.1, 0.15) is 11.3 Å². The quantitative estimate of drug-likeness (QED) is 0.700. The Morgan fingerprint density at radius 2 is 1.96 bits per heavy atom. The summed E-state index contributed by atoms with van der Waals surface area (Å²) in [5, 5.41) is 2.99. The predicted molar refractivity (Wildman–Crippen MR) is 114 cm³/mol. The van der Waals surface area contributed by atoms with E-state index in [-0.39, 0.29) is 18.0 Å². The van der Waals surface area contributed by atoms with Gasteiger partial charge in [0.05, 0.1) is 10.3 Å². The van der Waals surface area contributed by atoms with Crippen LogP contribution in [0, 0.1) is 0 Å². The molecule has 0 aliphatic carbocycles. The lowest BCUT2D eigenvalue weighted by molar-refractivity contribution is 0.0187. The number of piperidine rings is 1. The van der Waals surface area contributed by atoms with Gasteiger partial charge in [-0.1, -0.05) is 0 Å². The lowest BCUT2D eigenvalue weighted by Crippen LogP contribution is -2.42. The number of thiophene rings is 1. The van der Waals surface area contributed by atoms with Gasteiger partial charge in [-0.3, -0.25) is 4.79 Å². The third-order valence-corrected chi connectivity index (χ3v) is 6.20. The molecule has 152 valence electrons. The molecule has 1 aliphatic heterocycles. The van der Waals surface area contributed by atoms with Gasteiger partial charge in [-0.05, 0) is 73.8 Å². The number of carbonyl (C=O) groups excluding carboxylic acids is 2. The van der Waals surface area contributed by atoms with Crippen molar-refractivity contribution in [1.82, 2.24) is 14.8 Å². The molecular formula is C20H26BrN3O3S. The largest absolute Gasteiger partial charge is 0.444 e. The van der Waals surface area contributed by atoms with Crippen LogP contribution in [-0.2, 0) is 11.3 Å². The summed E-state index contributed by atoms with van der Waals surface area (Å²) in [4.78, 5) is 27.7. The molecule has 28 heavy (non-hydrogen) atoms. The minimum Gasteiger partial charge on any atom is -0.444 e. The Kier molecular flexibility index (Phi) is 6.50. The first-order valence-electron chi connectivity index (χ1n) is 9.40. The molecule has 0 radical (unpaired) electrons. The number of aromatic nitrogens is 1. The number of rotatable bonds is 4. The molecule has 1 fully saturated rings. The zero-order valence-electron chi connectivity index (χ0n) is 16.4. The fourth-order valence-corrected chi connectivity index (χ4v) is 4.69. The molecule has 0 saturated carbocycles. The highest BCUT2D eigenvalue weighted by Gasteiger charge is 2.28. The number of amides is 2. The second-order valence-electron chi connectivity index (χ2n) is 7.89. The average molecular weight is 468 g/mol. The van der Waals surface area contributed by atoms with Gasteiger partial charge in [-0.2, -0.15) is 0 Å². The highest BCUT2D eigenvalue weighted by molar-refractivity contribution is 9.11. The van der Waals surface area contributed by atoms with Gasteiger partial charge in [0.2, 0.25) is 0 Å². The summed E-state index contributed by atoms with van der Waals surface area (Å²) < 4.78 is 8.54. The summed E-state index contributed by atoms with van der Waals surface area (Å²) >= 11 is 5.05. The Hall–Kier alpha value is -1.80. The number of nitrogens with one attached hydrogen (secondary N) is 1. The van der Waals surface area contributed by atoms with E-state index in [2.05, 4.69) is 21.2 Å². The average Bonchev–Trinajstić information content (AvgIpc) is 3.27. The third-order valence-electron chi connectivity index (χ3n) is 4.57. The number of nitrogens with zero attached hydrogens (tertiary/aromatic N) is 2. The van der Waals surface area contributed by atoms with Crippen LogP contribution < -0.4 is 5.32 Å². The molecule has 2 amide bonds. The second kappa shape index (κ2) is 8.69. The lowest BCUT2D eigenvalue weighted by Gasteiger charge is -2.34. The fraction of sp³-hybridized carbons (Fsp3) is 0.500. The molecule has 3 heterocycles. The Balaban J connectivity index is 1.57. The van der Waals surface area contributed by atoms with Crippen LogP contribution in [0.3, 0.4) is 0 Å². The van der Waals surface area contributed by atoms with Crippen LogP contribution >= 0.6 is 27.3 Å². The Morgan fingerprint density at radius 3 is 2.57 bits per heavy atom. The molecule has 2 aromatic rings. The van der Waals surface area contributed by atoms with Crippen LogP contribution in [0.5, 0.6) is 0 Å². The standard InChI is InChI=1S/C20H26BrN3O3S/c1-20(2,3)27-19(26)23-11-8-14(9-12-23)24-10-4-5-16(24)18(25)22-13-15-6-7-17(21)28-15/h4-7,10,14H,8-9,11-13H2,1-3H3,(H,22,25). The molecular weight excluding hydrogens is 442 g/mol. The number of ether oxygens (including phenoxy) is 1. The van der Waals surface area contributed by atoms with Crippen molar-refractivity contribution in [2.24, 2.45) is 0 Å². The van der Waals surface area contributed by atoms with Gasteiger partial charge in [0.25, 0.3) is 5.91 Å². The van der Waals surface area contributed by atoms with E-state index in [1.54, 1.807) is 16.2 Å². The first-order valence-corrected chi connectivity index (χ1v) is 11.0. The van der Waals surface area contributed by atoms with Crippen molar-refractivity contribution in [3.05, 3.63) is 44.8 Å². The van der Waals surface area contributed by atoms with Gasteiger partial charge < -0.3 is 19.5 Å². The minimum atomic E-state index is -0.488. The monoisotopic (exact) mass is 467 g/mol. The maximum absolute atomic E-state index is 12.7. The van der Waals surface area contributed by atoms with E-state index in [4.69, 9.17) is 4.74 Å². The Morgan fingerprint density at radius 1 is 1.25 bits per heavy atom. The van der Waals surface area contributed by atoms with Crippen LogP contribution in [0.4, 0.5) is 4.79 Å². The molecule has 1 N–H and O–H groups in total. The topological polar surface area (TPSA) is 63.6 Å². The highest BCUT2D eigenvalue weighted by atomic mass is 79.9. The normalized spacial score (nSPS) is 15.5.